The smallest absolute Gasteiger partial charge is 0.0464 e. The SMILES string of the molecule is Cc1ccc(N(c2ccc(C)cc2)c2ccc3c(c2)Cc2cc(N)ccc2-3)cc1. The fourth-order valence-corrected chi connectivity index (χ4v) is 4.19. The molecule has 1 aliphatic carbocycles. The molecule has 4 aromatic rings. The molecule has 0 atom stereocenters. The van der Waals surface area contributed by atoms with E-state index in [1.165, 1.54) is 50.4 Å². The molecule has 0 aromatic heterocycles. The highest BCUT2D eigenvalue weighted by Crippen LogP contribution is 2.42. The zero-order valence-electron chi connectivity index (χ0n) is 16.8. The second-order valence-corrected chi connectivity index (χ2v) is 7.94. The molecule has 0 heterocycles. The molecular weight excluding hydrogens is 352 g/mol. The van der Waals surface area contributed by atoms with E-state index in [9.17, 15) is 0 Å². The number of benzene rings is 4. The summed E-state index contributed by atoms with van der Waals surface area (Å²) in [5.74, 6) is 0. The summed E-state index contributed by atoms with van der Waals surface area (Å²) >= 11 is 0. The van der Waals surface area contributed by atoms with E-state index in [-0.39, 0.29) is 0 Å². The molecule has 1 aliphatic rings. The number of anilines is 4. The van der Waals surface area contributed by atoms with Crippen molar-refractivity contribution in [2.75, 3.05) is 10.6 Å². The van der Waals surface area contributed by atoms with Crippen molar-refractivity contribution < 1.29 is 0 Å². The monoisotopic (exact) mass is 376 g/mol. The summed E-state index contributed by atoms with van der Waals surface area (Å²) in [4.78, 5) is 2.33. The first-order valence-corrected chi connectivity index (χ1v) is 10.0. The molecule has 5 rings (SSSR count). The Morgan fingerprint density at radius 3 is 1.66 bits per heavy atom. The molecule has 0 amide bonds. The van der Waals surface area contributed by atoms with Gasteiger partial charge in [-0.3, -0.25) is 0 Å². The van der Waals surface area contributed by atoms with E-state index in [1.807, 2.05) is 6.07 Å². The van der Waals surface area contributed by atoms with Crippen molar-refractivity contribution in [3.05, 3.63) is 107 Å². The van der Waals surface area contributed by atoms with E-state index >= 15 is 0 Å². The number of nitrogen functional groups attached to an aromatic ring is 1. The third-order valence-corrected chi connectivity index (χ3v) is 5.73. The van der Waals surface area contributed by atoms with E-state index in [0.717, 1.165) is 12.1 Å². The standard InChI is InChI=1S/C27H24N2/c1-18-3-8-23(9-4-18)29(24-10-5-19(2)6-11-24)25-12-14-27-21(17-25)15-20-16-22(28)7-13-26(20)27/h3-14,16-17H,15,28H2,1-2H3. The van der Waals surface area contributed by atoms with Gasteiger partial charge in [0, 0.05) is 22.7 Å². The molecule has 2 N–H and O–H groups in total. The van der Waals surface area contributed by atoms with Crippen molar-refractivity contribution in [3.63, 3.8) is 0 Å². The molecule has 0 aliphatic heterocycles. The normalized spacial score (nSPS) is 11.8. The predicted molar refractivity (Wildman–Crippen MR) is 123 cm³/mol. The van der Waals surface area contributed by atoms with Crippen LogP contribution in [0.2, 0.25) is 0 Å². The summed E-state index contributed by atoms with van der Waals surface area (Å²) in [7, 11) is 0. The second-order valence-electron chi connectivity index (χ2n) is 7.94. The zero-order valence-corrected chi connectivity index (χ0v) is 16.8. The Hall–Kier alpha value is -3.52. The molecular formula is C27H24N2. The Balaban J connectivity index is 1.62. The topological polar surface area (TPSA) is 29.3 Å². The first-order valence-electron chi connectivity index (χ1n) is 10.0. The summed E-state index contributed by atoms with van der Waals surface area (Å²) in [6.45, 7) is 4.25. The summed E-state index contributed by atoms with van der Waals surface area (Å²) in [6, 6.07) is 30.5. The van der Waals surface area contributed by atoms with Crippen LogP contribution in [-0.4, -0.2) is 0 Å². The maximum Gasteiger partial charge on any atom is 0.0464 e. The van der Waals surface area contributed by atoms with Crippen LogP contribution >= 0.6 is 0 Å². The van der Waals surface area contributed by atoms with Gasteiger partial charge in [0.15, 0.2) is 0 Å². The lowest BCUT2D eigenvalue weighted by Crippen LogP contribution is -2.10. The highest BCUT2D eigenvalue weighted by Gasteiger charge is 2.21. The van der Waals surface area contributed by atoms with Gasteiger partial charge in [0.1, 0.15) is 0 Å². The Morgan fingerprint density at radius 2 is 1.07 bits per heavy atom. The molecule has 4 aromatic carbocycles. The number of hydrogen-bond acceptors (Lipinski definition) is 2. The van der Waals surface area contributed by atoms with E-state index < -0.39 is 0 Å². The van der Waals surface area contributed by atoms with Gasteiger partial charge < -0.3 is 10.6 Å². The zero-order chi connectivity index (χ0) is 20.0. The Bertz CT molecular complexity index is 1140. The van der Waals surface area contributed by atoms with Crippen molar-refractivity contribution in [1.82, 2.24) is 0 Å². The highest BCUT2D eigenvalue weighted by molar-refractivity contribution is 5.83. The quantitative estimate of drug-likeness (QED) is 0.346. The number of nitrogens with two attached hydrogens (primary N) is 1. The maximum atomic E-state index is 6.01. The Morgan fingerprint density at radius 1 is 0.586 bits per heavy atom. The van der Waals surface area contributed by atoms with Crippen molar-refractivity contribution >= 4 is 22.7 Å². The van der Waals surface area contributed by atoms with Gasteiger partial charge >= 0.3 is 0 Å². The molecule has 142 valence electrons. The summed E-state index contributed by atoms with van der Waals surface area (Å²) in [5.41, 5.74) is 18.2. The molecule has 0 radical (unpaired) electrons. The number of hydrogen-bond donors (Lipinski definition) is 1. The van der Waals surface area contributed by atoms with E-state index in [2.05, 4.69) is 97.6 Å². The van der Waals surface area contributed by atoms with Crippen LogP contribution in [0.4, 0.5) is 22.7 Å². The van der Waals surface area contributed by atoms with Crippen LogP contribution in [-0.2, 0) is 6.42 Å². The molecule has 29 heavy (non-hydrogen) atoms. The molecule has 0 bridgehead atoms. The van der Waals surface area contributed by atoms with E-state index in [0.29, 0.717) is 0 Å². The van der Waals surface area contributed by atoms with Gasteiger partial charge in [0.25, 0.3) is 0 Å². The van der Waals surface area contributed by atoms with Gasteiger partial charge in [0.2, 0.25) is 0 Å². The third kappa shape index (κ3) is 3.17. The first-order chi connectivity index (χ1) is 14.1. The van der Waals surface area contributed by atoms with Gasteiger partial charge in [0.05, 0.1) is 0 Å². The minimum absolute atomic E-state index is 0.831. The van der Waals surface area contributed by atoms with Gasteiger partial charge in [-0.15, -0.1) is 0 Å². The highest BCUT2D eigenvalue weighted by atomic mass is 15.1. The van der Waals surface area contributed by atoms with Gasteiger partial charge in [-0.25, -0.2) is 0 Å². The maximum absolute atomic E-state index is 6.01. The molecule has 0 saturated carbocycles. The molecule has 0 unspecified atom stereocenters. The minimum atomic E-state index is 0.831. The van der Waals surface area contributed by atoms with Gasteiger partial charge in [-0.1, -0.05) is 47.5 Å². The van der Waals surface area contributed by atoms with E-state index in [1.54, 1.807) is 0 Å². The molecule has 0 spiro atoms. The molecule has 2 heteroatoms. The van der Waals surface area contributed by atoms with Crippen molar-refractivity contribution in [2.45, 2.75) is 20.3 Å². The largest absolute Gasteiger partial charge is 0.399 e. The third-order valence-electron chi connectivity index (χ3n) is 5.73. The van der Waals surface area contributed by atoms with Crippen LogP contribution in [0.1, 0.15) is 22.3 Å². The number of nitrogens with zero attached hydrogens (tertiary/aromatic N) is 1. The molecule has 0 fully saturated rings. The van der Waals surface area contributed by atoms with Crippen LogP contribution in [0.3, 0.4) is 0 Å². The van der Waals surface area contributed by atoms with Gasteiger partial charge in [-0.05, 0) is 91.1 Å². The second kappa shape index (κ2) is 6.82. The fraction of sp³-hybridized carbons (Fsp3) is 0.111. The number of fused-ring (bicyclic) bond motifs is 3. The first kappa shape index (κ1) is 17.6. The average Bonchev–Trinajstić information content (AvgIpc) is 3.07. The van der Waals surface area contributed by atoms with Crippen LogP contribution in [0, 0.1) is 13.8 Å². The van der Waals surface area contributed by atoms with Crippen LogP contribution < -0.4 is 10.6 Å². The summed E-state index contributed by atoms with van der Waals surface area (Å²) in [6.07, 6.45) is 0.930. The number of aryl methyl sites for hydroxylation is 2. The van der Waals surface area contributed by atoms with Crippen LogP contribution in [0.25, 0.3) is 11.1 Å². The van der Waals surface area contributed by atoms with Crippen molar-refractivity contribution in [3.8, 4) is 11.1 Å². The minimum Gasteiger partial charge on any atom is -0.399 e. The van der Waals surface area contributed by atoms with Gasteiger partial charge in [-0.2, -0.15) is 0 Å². The fourth-order valence-electron chi connectivity index (χ4n) is 4.19. The summed E-state index contributed by atoms with van der Waals surface area (Å²) < 4.78 is 0. The summed E-state index contributed by atoms with van der Waals surface area (Å²) in [5, 5.41) is 0. The van der Waals surface area contributed by atoms with Crippen molar-refractivity contribution in [2.24, 2.45) is 0 Å². The van der Waals surface area contributed by atoms with Crippen LogP contribution in [0.5, 0.6) is 0 Å². The van der Waals surface area contributed by atoms with E-state index in [4.69, 9.17) is 5.73 Å². The Kier molecular flexibility index (Phi) is 4.13. The lowest BCUT2D eigenvalue weighted by atomic mass is 10.0. The predicted octanol–water partition coefficient (Wildman–Crippen LogP) is 6.93. The van der Waals surface area contributed by atoms with Crippen LogP contribution in [0.15, 0.2) is 84.9 Å². The molecule has 0 saturated heterocycles. The molecule has 2 nitrogen and oxygen atoms in total. The van der Waals surface area contributed by atoms with Crippen molar-refractivity contribution in [1.29, 1.82) is 0 Å². The Labute approximate surface area is 172 Å². The lowest BCUT2D eigenvalue weighted by molar-refractivity contribution is 1.23. The lowest BCUT2D eigenvalue weighted by Gasteiger charge is -2.26. The average molecular weight is 377 g/mol. The number of rotatable bonds is 3.